The number of hydrogen-bond acceptors (Lipinski definition) is 4. The Kier molecular flexibility index (Phi) is 5.24. The fraction of sp³-hybridized carbons (Fsp3) is 0.375. The van der Waals surface area contributed by atoms with Crippen molar-refractivity contribution in [3.63, 3.8) is 0 Å². The summed E-state index contributed by atoms with van der Waals surface area (Å²) in [4.78, 5) is 32.8. The molecule has 0 aliphatic carbocycles. The van der Waals surface area contributed by atoms with Crippen molar-refractivity contribution in [2.45, 2.75) is 13.8 Å². The van der Waals surface area contributed by atoms with Gasteiger partial charge in [0.25, 0.3) is 0 Å². The van der Waals surface area contributed by atoms with E-state index in [9.17, 15) is 14.4 Å². The van der Waals surface area contributed by atoms with Crippen LogP contribution in [0.4, 0.5) is 0 Å². The molecule has 1 unspecified atom stereocenters. The zero-order chi connectivity index (χ0) is 9.30. The molecule has 0 N–H and O–H groups in total. The van der Waals surface area contributed by atoms with Gasteiger partial charge in [0.05, 0.1) is 0 Å². The first-order valence-corrected chi connectivity index (χ1v) is 3.46. The number of Topliss-reactive ketones (excluding diaryl/α,β-unsaturated/α-hetero) is 1. The molecule has 0 aromatic rings. The smallest absolute Gasteiger partial charge is 1.00 e. The van der Waals surface area contributed by atoms with Gasteiger partial charge in [0.1, 0.15) is 5.76 Å². The summed E-state index contributed by atoms with van der Waals surface area (Å²) in [5.41, 5.74) is 0. The summed E-state index contributed by atoms with van der Waals surface area (Å²) in [6.07, 6.45) is 1.16. The van der Waals surface area contributed by atoms with E-state index in [4.69, 9.17) is 0 Å². The molecule has 1 rings (SSSR count). The van der Waals surface area contributed by atoms with Gasteiger partial charge in [0.2, 0.25) is 0 Å². The van der Waals surface area contributed by atoms with Gasteiger partial charge in [-0.3, -0.25) is 14.4 Å². The van der Waals surface area contributed by atoms with Gasteiger partial charge in [-0.15, -0.1) is 0 Å². The molecule has 1 heterocycles. The van der Waals surface area contributed by atoms with Gasteiger partial charge in [-0.1, -0.05) is 0 Å². The van der Waals surface area contributed by atoms with Crippen LogP contribution in [-0.4, -0.2) is 17.5 Å². The number of esters is 1. The molecule has 1 atom stereocenters. The van der Waals surface area contributed by atoms with Crippen molar-refractivity contribution in [3.8, 4) is 0 Å². The van der Waals surface area contributed by atoms with Crippen molar-refractivity contribution in [2.24, 2.45) is 5.92 Å². The minimum atomic E-state index is -1.24. The van der Waals surface area contributed by atoms with E-state index in [0.29, 0.717) is 0 Å². The van der Waals surface area contributed by atoms with Crippen LogP contribution in [0.15, 0.2) is 11.8 Å². The number of hydrogen-bond donors (Lipinski definition) is 0. The summed E-state index contributed by atoms with van der Waals surface area (Å²) in [5, 5.41) is 0. The molecule has 0 fully saturated rings. The van der Waals surface area contributed by atoms with E-state index in [1.165, 1.54) is 13.8 Å². The maximum Gasteiger partial charge on any atom is 1.00 e. The fourth-order valence-electron chi connectivity index (χ4n) is 1.01. The van der Waals surface area contributed by atoms with E-state index >= 15 is 0 Å². The van der Waals surface area contributed by atoms with E-state index < -0.39 is 23.5 Å². The molecule has 66 valence electrons. The Balaban J connectivity index is 0. The van der Waals surface area contributed by atoms with Crippen LogP contribution in [0.5, 0.6) is 0 Å². The summed E-state index contributed by atoms with van der Waals surface area (Å²) in [5.74, 6) is -2.74. The van der Waals surface area contributed by atoms with E-state index in [-0.39, 0.29) is 58.6 Å². The van der Waals surface area contributed by atoms with Crippen molar-refractivity contribution in [1.29, 1.82) is 0 Å². The molecule has 0 saturated carbocycles. The quantitative estimate of drug-likeness (QED) is 0.268. The van der Waals surface area contributed by atoms with Crippen LogP contribution < -0.4 is 51.4 Å². The number of carbonyl (C=O) groups is 3. The molecule has 5 heteroatoms. The van der Waals surface area contributed by atoms with Gasteiger partial charge >= 0.3 is 57.4 Å². The third-order valence-corrected chi connectivity index (χ3v) is 1.53. The number of cyclic esters (lactones) is 1. The number of ether oxygens (including phenoxy) is 1. The zero-order valence-corrected chi connectivity index (χ0v) is 10.9. The molecule has 4 nitrogen and oxygen atoms in total. The van der Waals surface area contributed by atoms with E-state index in [2.05, 4.69) is 4.74 Å². The van der Waals surface area contributed by atoms with Crippen molar-refractivity contribution in [1.82, 2.24) is 0 Å². The molecule has 0 spiro atoms. The molecule has 1 aliphatic rings. The summed E-state index contributed by atoms with van der Waals surface area (Å²) in [6.45, 7) is 2.68. The fourth-order valence-corrected chi connectivity index (χ4v) is 1.01. The van der Waals surface area contributed by atoms with Crippen LogP contribution in [0.25, 0.3) is 0 Å². The third kappa shape index (κ3) is 3.10. The van der Waals surface area contributed by atoms with E-state index in [1.54, 1.807) is 0 Å². The molecule has 0 aromatic carbocycles. The minimum Gasteiger partial charge on any atom is -1.00 e. The van der Waals surface area contributed by atoms with Crippen LogP contribution in [0.2, 0.25) is 0 Å². The van der Waals surface area contributed by atoms with E-state index in [0.717, 1.165) is 6.08 Å². The molecule has 0 aromatic heterocycles. The predicted octanol–water partition coefficient (Wildman–Crippen LogP) is -2.66. The standard InChI is InChI=1S/C8H8O4.K.H/c1-4-3-6(10)7(5(2)9)8(11)12-4;;/h3,7H,1-2H3;;/q;+1;-1. The van der Waals surface area contributed by atoms with Crippen LogP contribution >= 0.6 is 0 Å². The monoisotopic (exact) mass is 208 g/mol. The maximum absolute atomic E-state index is 11.1. The van der Waals surface area contributed by atoms with Gasteiger partial charge in [-0.2, -0.15) is 0 Å². The zero-order valence-electron chi connectivity index (χ0n) is 8.79. The first-order valence-electron chi connectivity index (χ1n) is 3.46. The SMILES string of the molecule is CC(=O)C1C(=O)C=C(C)OC1=O.[H-].[K+]. The van der Waals surface area contributed by atoms with Gasteiger partial charge < -0.3 is 6.16 Å². The largest absolute Gasteiger partial charge is 1.00 e. The second kappa shape index (κ2) is 5.16. The Bertz CT molecular complexity index is 298. The Hall–Kier alpha value is 0.186. The van der Waals surface area contributed by atoms with Crippen LogP contribution in [0.3, 0.4) is 0 Å². The molecular formula is C8H9KO4. The first kappa shape index (κ1) is 13.2. The summed E-state index contributed by atoms with van der Waals surface area (Å²) in [6, 6.07) is 0. The topological polar surface area (TPSA) is 60.4 Å². The molecule has 1 aliphatic heterocycles. The normalized spacial score (nSPS) is 21.4. The number of allylic oxidation sites excluding steroid dienone is 2. The third-order valence-electron chi connectivity index (χ3n) is 1.53. The predicted molar refractivity (Wildman–Crippen MR) is 40.1 cm³/mol. The summed E-state index contributed by atoms with van der Waals surface area (Å²) in [7, 11) is 0. The van der Waals surface area contributed by atoms with E-state index in [1.807, 2.05) is 0 Å². The minimum absolute atomic E-state index is 0. The molecule has 0 bridgehead atoms. The Morgan fingerprint density at radius 2 is 2.08 bits per heavy atom. The van der Waals surface area contributed by atoms with Crippen molar-refractivity contribution in [3.05, 3.63) is 11.8 Å². The average Bonchev–Trinajstić information content (AvgIpc) is 1.82. The summed E-state index contributed by atoms with van der Waals surface area (Å²) < 4.78 is 4.61. The second-order valence-electron chi connectivity index (χ2n) is 2.62. The molecule has 13 heavy (non-hydrogen) atoms. The van der Waals surface area contributed by atoms with Gasteiger partial charge in [0.15, 0.2) is 17.5 Å². The molecular weight excluding hydrogens is 199 g/mol. The molecule has 0 radical (unpaired) electrons. The number of ketones is 2. The number of rotatable bonds is 1. The Morgan fingerprint density at radius 3 is 2.46 bits per heavy atom. The number of carbonyl (C=O) groups excluding carboxylic acids is 3. The second-order valence-corrected chi connectivity index (χ2v) is 2.62. The van der Waals surface area contributed by atoms with Gasteiger partial charge in [-0.05, 0) is 13.8 Å². The molecule has 0 amide bonds. The van der Waals surface area contributed by atoms with Crippen LogP contribution in [-0.2, 0) is 19.1 Å². The molecule has 0 saturated heterocycles. The Labute approximate surface area is 120 Å². The van der Waals surface area contributed by atoms with Crippen molar-refractivity contribution in [2.75, 3.05) is 0 Å². The van der Waals surface area contributed by atoms with Gasteiger partial charge in [-0.25, -0.2) is 0 Å². The first-order chi connectivity index (χ1) is 5.52. The van der Waals surface area contributed by atoms with Crippen molar-refractivity contribution < 1.29 is 71.9 Å². The Morgan fingerprint density at radius 1 is 1.54 bits per heavy atom. The maximum atomic E-state index is 11.1. The van der Waals surface area contributed by atoms with Crippen molar-refractivity contribution >= 4 is 17.5 Å². The van der Waals surface area contributed by atoms with Crippen LogP contribution in [0.1, 0.15) is 15.3 Å². The average molecular weight is 208 g/mol. The summed E-state index contributed by atoms with van der Waals surface area (Å²) >= 11 is 0. The van der Waals surface area contributed by atoms with Crippen LogP contribution in [0, 0.1) is 5.92 Å². The van der Waals surface area contributed by atoms with Gasteiger partial charge in [0, 0.05) is 6.08 Å².